The Hall–Kier alpha value is -2.23. The lowest BCUT2D eigenvalue weighted by Gasteiger charge is -2.11. The van der Waals surface area contributed by atoms with Crippen LogP contribution in [0.1, 0.15) is 11.1 Å². The Balaban J connectivity index is 2.33. The summed E-state index contributed by atoms with van der Waals surface area (Å²) in [5, 5.41) is 0. The second-order valence-corrected chi connectivity index (χ2v) is 4.12. The highest BCUT2D eigenvalue weighted by molar-refractivity contribution is 5.51. The standard InChI is InChI=1S/C14H16N2O2/c1-9-4-6-12(10(2)8-9)18-14-11(15)5-7-13(16-14)17-3/h4-8H,15H2,1-3H3. The molecule has 1 heterocycles. The van der Waals surface area contributed by atoms with Gasteiger partial charge in [-0.1, -0.05) is 17.7 Å². The number of benzene rings is 1. The average molecular weight is 244 g/mol. The third kappa shape index (κ3) is 2.53. The van der Waals surface area contributed by atoms with Crippen molar-refractivity contribution >= 4 is 5.69 Å². The van der Waals surface area contributed by atoms with Crippen molar-refractivity contribution in [1.82, 2.24) is 4.98 Å². The van der Waals surface area contributed by atoms with E-state index >= 15 is 0 Å². The molecule has 94 valence electrons. The van der Waals surface area contributed by atoms with E-state index in [0.717, 1.165) is 11.3 Å². The Labute approximate surface area is 106 Å². The summed E-state index contributed by atoms with van der Waals surface area (Å²) in [5.74, 6) is 1.58. The molecule has 0 amide bonds. The molecule has 4 nitrogen and oxygen atoms in total. The summed E-state index contributed by atoms with van der Waals surface area (Å²) in [7, 11) is 1.55. The van der Waals surface area contributed by atoms with Crippen LogP contribution in [0.2, 0.25) is 0 Å². The molecule has 2 rings (SSSR count). The van der Waals surface area contributed by atoms with Crippen molar-refractivity contribution in [3.8, 4) is 17.5 Å². The molecule has 1 aromatic carbocycles. The van der Waals surface area contributed by atoms with Gasteiger partial charge in [0.25, 0.3) is 0 Å². The highest BCUT2D eigenvalue weighted by atomic mass is 16.5. The van der Waals surface area contributed by atoms with Crippen LogP contribution in [0.5, 0.6) is 17.5 Å². The Bertz CT molecular complexity index is 568. The first-order chi connectivity index (χ1) is 8.60. The lowest BCUT2D eigenvalue weighted by Crippen LogP contribution is -1.98. The summed E-state index contributed by atoms with van der Waals surface area (Å²) < 4.78 is 10.8. The fraction of sp³-hybridized carbons (Fsp3) is 0.214. The van der Waals surface area contributed by atoms with E-state index in [-0.39, 0.29) is 0 Å². The second kappa shape index (κ2) is 4.96. The molecule has 0 saturated heterocycles. The molecule has 0 aliphatic rings. The van der Waals surface area contributed by atoms with Gasteiger partial charge in [-0.05, 0) is 31.5 Å². The molecule has 18 heavy (non-hydrogen) atoms. The second-order valence-electron chi connectivity index (χ2n) is 4.12. The first kappa shape index (κ1) is 12.2. The van der Waals surface area contributed by atoms with Crippen molar-refractivity contribution in [2.75, 3.05) is 12.8 Å². The molecule has 0 aliphatic heterocycles. The third-order valence-electron chi connectivity index (χ3n) is 2.61. The number of nitrogen functional groups attached to an aromatic ring is 1. The van der Waals surface area contributed by atoms with Gasteiger partial charge in [0, 0.05) is 6.07 Å². The number of ether oxygens (including phenoxy) is 2. The van der Waals surface area contributed by atoms with Crippen LogP contribution in [-0.2, 0) is 0 Å². The van der Waals surface area contributed by atoms with Gasteiger partial charge in [-0.25, -0.2) is 0 Å². The summed E-state index contributed by atoms with van der Waals surface area (Å²) in [5.41, 5.74) is 8.54. The van der Waals surface area contributed by atoms with E-state index in [2.05, 4.69) is 4.98 Å². The topological polar surface area (TPSA) is 57.4 Å². The smallest absolute Gasteiger partial charge is 0.246 e. The first-order valence-electron chi connectivity index (χ1n) is 5.66. The minimum atomic E-state index is 0.362. The quantitative estimate of drug-likeness (QED) is 0.901. The number of aryl methyl sites for hydroxylation is 2. The van der Waals surface area contributed by atoms with Crippen LogP contribution in [0.4, 0.5) is 5.69 Å². The van der Waals surface area contributed by atoms with Gasteiger partial charge in [0.2, 0.25) is 11.8 Å². The number of rotatable bonds is 3. The molecule has 2 aromatic rings. The predicted molar refractivity (Wildman–Crippen MR) is 71.2 cm³/mol. The zero-order valence-electron chi connectivity index (χ0n) is 10.7. The molecular formula is C14H16N2O2. The van der Waals surface area contributed by atoms with Crippen LogP contribution >= 0.6 is 0 Å². The Morgan fingerprint density at radius 3 is 2.56 bits per heavy atom. The number of nitrogens with zero attached hydrogens (tertiary/aromatic N) is 1. The van der Waals surface area contributed by atoms with Crippen LogP contribution in [0.25, 0.3) is 0 Å². The van der Waals surface area contributed by atoms with Crippen molar-refractivity contribution in [3.05, 3.63) is 41.5 Å². The van der Waals surface area contributed by atoms with Crippen LogP contribution in [0, 0.1) is 13.8 Å². The largest absolute Gasteiger partial charge is 0.481 e. The number of methoxy groups -OCH3 is 1. The number of nitrogens with two attached hydrogens (primary N) is 1. The molecule has 2 N–H and O–H groups in total. The molecule has 0 aliphatic carbocycles. The van der Waals surface area contributed by atoms with E-state index in [1.54, 1.807) is 19.2 Å². The molecule has 0 saturated carbocycles. The first-order valence-corrected chi connectivity index (χ1v) is 5.66. The van der Waals surface area contributed by atoms with Gasteiger partial charge in [0.05, 0.1) is 12.8 Å². The summed E-state index contributed by atoms with van der Waals surface area (Å²) in [6.45, 7) is 4.02. The fourth-order valence-corrected chi connectivity index (χ4v) is 1.65. The summed E-state index contributed by atoms with van der Waals surface area (Å²) in [6.07, 6.45) is 0. The normalized spacial score (nSPS) is 10.2. The summed E-state index contributed by atoms with van der Waals surface area (Å²) in [4.78, 5) is 4.18. The van der Waals surface area contributed by atoms with Crippen molar-refractivity contribution in [2.24, 2.45) is 0 Å². The molecule has 0 atom stereocenters. The van der Waals surface area contributed by atoms with Gasteiger partial charge < -0.3 is 15.2 Å². The number of anilines is 1. The van der Waals surface area contributed by atoms with E-state index in [4.69, 9.17) is 15.2 Å². The maximum atomic E-state index is 5.83. The Kier molecular flexibility index (Phi) is 3.37. The van der Waals surface area contributed by atoms with Crippen LogP contribution in [0.15, 0.2) is 30.3 Å². The van der Waals surface area contributed by atoms with Crippen molar-refractivity contribution in [2.45, 2.75) is 13.8 Å². The lowest BCUT2D eigenvalue weighted by molar-refractivity contribution is 0.383. The van der Waals surface area contributed by atoms with Gasteiger partial charge >= 0.3 is 0 Å². The maximum Gasteiger partial charge on any atom is 0.246 e. The van der Waals surface area contributed by atoms with Crippen LogP contribution in [0.3, 0.4) is 0 Å². The minimum absolute atomic E-state index is 0.362. The zero-order chi connectivity index (χ0) is 13.1. The molecule has 0 unspecified atom stereocenters. The highest BCUT2D eigenvalue weighted by Gasteiger charge is 2.08. The van der Waals surface area contributed by atoms with E-state index in [1.807, 2.05) is 32.0 Å². The molecule has 1 aromatic heterocycles. The van der Waals surface area contributed by atoms with Crippen LogP contribution in [-0.4, -0.2) is 12.1 Å². The van der Waals surface area contributed by atoms with E-state index < -0.39 is 0 Å². The van der Waals surface area contributed by atoms with Crippen molar-refractivity contribution in [3.63, 3.8) is 0 Å². The fourth-order valence-electron chi connectivity index (χ4n) is 1.65. The monoisotopic (exact) mass is 244 g/mol. The number of aromatic nitrogens is 1. The van der Waals surface area contributed by atoms with Gasteiger partial charge in [0.1, 0.15) is 5.75 Å². The van der Waals surface area contributed by atoms with Crippen molar-refractivity contribution in [1.29, 1.82) is 0 Å². The molecule has 0 fully saturated rings. The number of hydrogen-bond donors (Lipinski definition) is 1. The predicted octanol–water partition coefficient (Wildman–Crippen LogP) is 3.08. The third-order valence-corrected chi connectivity index (χ3v) is 2.61. The van der Waals surface area contributed by atoms with E-state index in [1.165, 1.54) is 5.56 Å². The molecular weight excluding hydrogens is 228 g/mol. The Morgan fingerprint density at radius 2 is 1.89 bits per heavy atom. The number of hydrogen-bond acceptors (Lipinski definition) is 4. The van der Waals surface area contributed by atoms with E-state index in [9.17, 15) is 0 Å². The van der Waals surface area contributed by atoms with E-state index in [0.29, 0.717) is 17.4 Å². The zero-order valence-corrected chi connectivity index (χ0v) is 10.7. The van der Waals surface area contributed by atoms with Crippen LogP contribution < -0.4 is 15.2 Å². The van der Waals surface area contributed by atoms with Gasteiger partial charge in [0.15, 0.2) is 0 Å². The minimum Gasteiger partial charge on any atom is -0.481 e. The van der Waals surface area contributed by atoms with Crippen molar-refractivity contribution < 1.29 is 9.47 Å². The van der Waals surface area contributed by atoms with Gasteiger partial charge in [-0.15, -0.1) is 0 Å². The molecule has 0 spiro atoms. The molecule has 4 heteroatoms. The average Bonchev–Trinajstić information content (AvgIpc) is 2.35. The highest BCUT2D eigenvalue weighted by Crippen LogP contribution is 2.29. The summed E-state index contributed by atoms with van der Waals surface area (Å²) in [6, 6.07) is 9.35. The van der Waals surface area contributed by atoms with Gasteiger partial charge in [-0.3, -0.25) is 0 Å². The summed E-state index contributed by atoms with van der Waals surface area (Å²) >= 11 is 0. The van der Waals surface area contributed by atoms with Gasteiger partial charge in [-0.2, -0.15) is 4.98 Å². The Morgan fingerprint density at radius 1 is 1.11 bits per heavy atom. The lowest BCUT2D eigenvalue weighted by atomic mass is 10.1. The SMILES string of the molecule is COc1ccc(N)c(Oc2ccc(C)cc2C)n1. The molecule has 0 radical (unpaired) electrons. The molecule has 0 bridgehead atoms. The number of pyridine rings is 1. The maximum absolute atomic E-state index is 5.83.